The Morgan fingerprint density at radius 2 is 2.38 bits per heavy atom. The first-order valence-electron chi connectivity index (χ1n) is 4.26. The van der Waals surface area contributed by atoms with Crippen LogP contribution in [-0.2, 0) is 9.53 Å². The molecule has 1 rings (SSSR count). The topological polar surface area (TPSA) is 143 Å². The molecule has 9 heteroatoms. The zero-order chi connectivity index (χ0) is 12.1. The molecule has 0 bridgehead atoms. The lowest BCUT2D eigenvalue weighted by Crippen LogP contribution is -2.38. The quantitative estimate of drug-likeness (QED) is 0.467. The van der Waals surface area contributed by atoms with E-state index in [1.807, 2.05) is 0 Å². The van der Waals surface area contributed by atoms with Gasteiger partial charge in [0.25, 0.3) is 5.91 Å². The van der Waals surface area contributed by atoms with Gasteiger partial charge in [-0.3, -0.25) is 9.89 Å². The summed E-state index contributed by atoms with van der Waals surface area (Å²) in [5.41, 5.74) is 5.19. The van der Waals surface area contributed by atoms with Gasteiger partial charge in [0.2, 0.25) is 11.8 Å². The van der Waals surface area contributed by atoms with Crippen molar-refractivity contribution in [1.29, 1.82) is 0 Å². The number of anilines is 1. The van der Waals surface area contributed by atoms with Crippen LogP contribution < -0.4 is 11.1 Å². The van der Waals surface area contributed by atoms with Crippen LogP contribution in [0, 0.1) is 0 Å². The summed E-state index contributed by atoms with van der Waals surface area (Å²) in [6.45, 7) is -0.175. The number of rotatable bonds is 5. The highest BCUT2D eigenvalue weighted by Gasteiger charge is 2.18. The highest BCUT2D eigenvalue weighted by atomic mass is 16.5. The summed E-state index contributed by atoms with van der Waals surface area (Å²) in [7, 11) is 1.23. The Morgan fingerprint density at radius 3 is 2.81 bits per heavy atom. The maximum absolute atomic E-state index is 11.4. The Bertz CT molecular complexity index is 390. The largest absolute Gasteiger partial charge is 0.479 e. The second-order valence-electron chi connectivity index (χ2n) is 2.81. The molecule has 0 radical (unpaired) electrons. The summed E-state index contributed by atoms with van der Waals surface area (Å²) in [6.07, 6.45) is -1.11. The zero-order valence-electron chi connectivity index (χ0n) is 8.43. The van der Waals surface area contributed by atoms with Gasteiger partial charge in [-0.05, 0) is 0 Å². The summed E-state index contributed by atoms with van der Waals surface area (Å²) in [4.78, 5) is 25.5. The Balaban J connectivity index is 2.49. The number of nitrogens with two attached hydrogens (primary N) is 1. The molecule has 0 aliphatic heterocycles. The predicted octanol–water partition coefficient (Wildman–Crippen LogP) is -1.78. The van der Waals surface area contributed by atoms with Gasteiger partial charge in [0, 0.05) is 7.11 Å². The fourth-order valence-corrected chi connectivity index (χ4v) is 0.917. The first-order chi connectivity index (χ1) is 7.54. The molecule has 0 saturated heterocycles. The minimum absolute atomic E-state index is 0.0633. The van der Waals surface area contributed by atoms with Gasteiger partial charge in [0.05, 0.1) is 6.54 Å². The molecule has 0 aliphatic carbocycles. The number of carboxylic acids is 1. The number of methoxy groups -OCH3 is 1. The summed E-state index contributed by atoms with van der Waals surface area (Å²) in [5, 5.41) is 16.7. The molecular formula is C7H11N5O4. The second kappa shape index (κ2) is 5.07. The predicted molar refractivity (Wildman–Crippen MR) is 51.6 cm³/mol. The van der Waals surface area contributed by atoms with Gasteiger partial charge in [-0.2, -0.15) is 4.98 Å². The molecule has 9 nitrogen and oxygen atoms in total. The van der Waals surface area contributed by atoms with Crippen LogP contribution >= 0.6 is 0 Å². The molecule has 0 aliphatic rings. The average molecular weight is 229 g/mol. The fourth-order valence-electron chi connectivity index (χ4n) is 0.917. The molecule has 0 saturated carbocycles. The summed E-state index contributed by atoms with van der Waals surface area (Å²) < 4.78 is 4.62. The Morgan fingerprint density at radius 1 is 1.69 bits per heavy atom. The Kier molecular flexibility index (Phi) is 3.78. The SMILES string of the molecule is COC(CNC(=O)c1nc(N)n[nH]1)C(=O)O. The number of nitrogen functional groups attached to an aromatic ring is 1. The number of carboxylic acid groups (broad SMARTS) is 1. The lowest BCUT2D eigenvalue weighted by atomic mass is 10.3. The smallest absolute Gasteiger partial charge is 0.334 e. The number of nitrogens with zero attached hydrogens (tertiary/aromatic N) is 2. The van der Waals surface area contributed by atoms with E-state index in [1.54, 1.807) is 0 Å². The normalized spacial score (nSPS) is 12.1. The van der Waals surface area contributed by atoms with E-state index < -0.39 is 18.0 Å². The van der Waals surface area contributed by atoms with Crippen LogP contribution in [0.4, 0.5) is 5.95 Å². The number of aliphatic carboxylic acids is 1. The van der Waals surface area contributed by atoms with Crippen LogP contribution in [0.2, 0.25) is 0 Å². The number of hydrogen-bond acceptors (Lipinski definition) is 6. The van der Waals surface area contributed by atoms with Gasteiger partial charge >= 0.3 is 5.97 Å². The van der Waals surface area contributed by atoms with Crippen molar-refractivity contribution in [3.05, 3.63) is 5.82 Å². The molecule has 1 amide bonds. The number of nitrogens with one attached hydrogen (secondary N) is 2. The highest BCUT2D eigenvalue weighted by molar-refractivity contribution is 5.90. The highest BCUT2D eigenvalue weighted by Crippen LogP contribution is 1.94. The number of hydrogen-bond donors (Lipinski definition) is 4. The monoisotopic (exact) mass is 229 g/mol. The number of aromatic amines is 1. The summed E-state index contributed by atoms with van der Waals surface area (Å²) in [6, 6.07) is 0. The van der Waals surface area contributed by atoms with Crippen LogP contribution in [0.5, 0.6) is 0 Å². The molecule has 0 aromatic carbocycles. The zero-order valence-corrected chi connectivity index (χ0v) is 8.43. The molecule has 5 N–H and O–H groups in total. The molecule has 0 spiro atoms. The van der Waals surface area contributed by atoms with E-state index in [-0.39, 0.29) is 18.3 Å². The van der Waals surface area contributed by atoms with E-state index in [1.165, 1.54) is 7.11 Å². The number of aromatic nitrogens is 3. The van der Waals surface area contributed by atoms with Crippen LogP contribution in [0.3, 0.4) is 0 Å². The number of H-pyrrole nitrogens is 1. The van der Waals surface area contributed by atoms with Crippen LogP contribution in [0.1, 0.15) is 10.6 Å². The lowest BCUT2D eigenvalue weighted by Gasteiger charge is -2.10. The van der Waals surface area contributed by atoms with Crippen LogP contribution in [0.25, 0.3) is 0 Å². The fraction of sp³-hybridized carbons (Fsp3) is 0.429. The van der Waals surface area contributed by atoms with Gasteiger partial charge in [0.15, 0.2) is 6.10 Å². The van der Waals surface area contributed by atoms with Crippen LogP contribution in [-0.4, -0.2) is 51.9 Å². The second-order valence-corrected chi connectivity index (χ2v) is 2.81. The number of amides is 1. The molecule has 1 aromatic rings. The molecule has 1 aromatic heterocycles. The van der Waals surface area contributed by atoms with E-state index >= 15 is 0 Å². The van der Waals surface area contributed by atoms with E-state index in [0.717, 1.165) is 0 Å². The van der Waals surface area contributed by atoms with Crippen molar-refractivity contribution >= 4 is 17.8 Å². The van der Waals surface area contributed by atoms with Crippen molar-refractivity contribution in [2.75, 3.05) is 19.4 Å². The standard InChI is InChI=1S/C7H11N5O4/c1-16-3(6(14)15)2-9-5(13)4-10-7(8)12-11-4/h3H,2H2,1H3,(H,9,13)(H,14,15)(H3,8,10,11,12). The van der Waals surface area contributed by atoms with Crippen molar-refractivity contribution in [3.8, 4) is 0 Å². The van der Waals surface area contributed by atoms with Gasteiger partial charge in [-0.1, -0.05) is 0 Å². The maximum atomic E-state index is 11.4. The van der Waals surface area contributed by atoms with E-state index in [0.29, 0.717) is 0 Å². The van der Waals surface area contributed by atoms with E-state index in [2.05, 4.69) is 25.2 Å². The van der Waals surface area contributed by atoms with Gasteiger partial charge in [-0.25, -0.2) is 4.79 Å². The number of carbonyl (C=O) groups is 2. The number of ether oxygens (including phenoxy) is 1. The van der Waals surface area contributed by atoms with E-state index in [9.17, 15) is 9.59 Å². The lowest BCUT2D eigenvalue weighted by molar-refractivity contribution is -0.148. The Hall–Kier alpha value is -2.16. The first kappa shape index (κ1) is 11.9. The van der Waals surface area contributed by atoms with Gasteiger partial charge < -0.3 is 20.9 Å². The van der Waals surface area contributed by atoms with Crippen molar-refractivity contribution in [1.82, 2.24) is 20.5 Å². The molecule has 1 unspecified atom stereocenters. The molecular weight excluding hydrogens is 218 g/mol. The minimum atomic E-state index is -1.17. The molecule has 1 atom stereocenters. The third kappa shape index (κ3) is 2.92. The molecule has 16 heavy (non-hydrogen) atoms. The number of carbonyl (C=O) groups excluding carboxylic acids is 1. The van der Waals surface area contributed by atoms with Crippen molar-refractivity contribution in [3.63, 3.8) is 0 Å². The van der Waals surface area contributed by atoms with Crippen molar-refractivity contribution < 1.29 is 19.4 Å². The molecule has 88 valence electrons. The summed E-state index contributed by atoms with van der Waals surface area (Å²) in [5.74, 6) is -1.92. The van der Waals surface area contributed by atoms with Crippen molar-refractivity contribution in [2.45, 2.75) is 6.10 Å². The van der Waals surface area contributed by atoms with Gasteiger partial charge in [0.1, 0.15) is 0 Å². The average Bonchev–Trinajstić information content (AvgIpc) is 2.65. The molecule has 1 heterocycles. The molecule has 0 fully saturated rings. The van der Waals surface area contributed by atoms with Crippen molar-refractivity contribution in [2.24, 2.45) is 0 Å². The van der Waals surface area contributed by atoms with Gasteiger partial charge in [-0.15, -0.1) is 5.10 Å². The Labute approximate surface area is 90.0 Å². The minimum Gasteiger partial charge on any atom is -0.479 e. The van der Waals surface area contributed by atoms with E-state index in [4.69, 9.17) is 10.8 Å². The van der Waals surface area contributed by atoms with Crippen LogP contribution in [0.15, 0.2) is 0 Å². The maximum Gasteiger partial charge on any atom is 0.334 e. The third-order valence-corrected chi connectivity index (χ3v) is 1.73. The third-order valence-electron chi connectivity index (χ3n) is 1.73. The first-order valence-corrected chi connectivity index (χ1v) is 4.26. The summed E-state index contributed by atoms with van der Waals surface area (Å²) >= 11 is 0.